The quantitative estimate of drug-likeness (QED) is 0.737. The molecular formula is C21H22Cl2N2O3. The summed E-state index contributed by atoms with van der Waals surface area (Å²) in [4.78, 5) is 28.6. The van der Waals surface area contributed by atoms with Crippen LogP contribution in [0.25, 0.3) is 11.1 Å². The van der Waals surface area contributed by atoms with Gasteiger partial charge < -0.3 is 14.5 Å². The summed E-state index contributed by atoms with van der Waals surface area (Å²) in [6.45, 7) is 3.88. The van der Waals surface area contributed by atoms with Crippen LogP contribution in [-0.2, 0) is 4.79 Å². The Bertz CT molecular complexity index is 893. The van der Waals surface area contributed by atoms with Gasteiger partial charge in [-0.15, -0.1) is 0 Å². The molecule has 0 saturated carbocycles. The molecule has 0 N–H and O–H groups in total. The smallest absolute Gasteiger partial charge is 0.257 e. The topological polar surface area (TPSA) is 49.9 Å². The van der Waals surface area contributed by atoms with E-state index in [4.69, 9.17) is 27.9 Å². The first kappa shape index (κ1) is 20.5. The number of carbonyl (C=O) groups is 2. The number of methoxy groups -OCH3 is 1. The van der Waals surface area contributed by atoms with Crippen LogP contribution >= 0.6 is 23.2 Å². The van der Waals surface area contributed by atoms with E-state index < -0.39 is 0 Å². The Morgan fingerprint density at radius 3 is 2.21 bits per heavy atom. The first-order valence-electron chi connectivity index (χ1n) is 9.15. The standard InChI is InChI=1S/C21H22Cl2N2O3/c1-3-20(26)24-8-10-25(11-9-24)21(27)16-12-15(18(23)13-19(16)28-2)14-6-4-5-7-17(14)22/h4-7,12-13H,3,8-11H2,1-2H3. The summed E-state index contributed by atoms with van der Waals surface area (Å²) in [5.74, 6) is 0.375. The van der Waals surface area contributed by atoms with Crippen molar-refractivity contribution in [3.63, 3.8) is 0 Å². The van der Waals surface area contributed by atoms with Crippen LogP contribution in [0.3, 0.4) is 0 Å². The largest absolute Gasteiger partial charge is 0.496 e. The first-order chi connectivity index (χ1) is 13.5. The van der Waals surface area contributed by atoms with E-state index in [-0.39, 0.29) is 11.8 Å². The van der Waals surface area contributed by atoms with Crippen molar-refractivity contribution in [3.05, 3.63) is 52.0 Å². The van der Waals surface area contributed by atoms with Gasteiger partial charge in [0.2, 0.25) is 5.91 Å². The summed E-state index contributed by atoms with van der Waals surface area (Å²) in [5.41, 5.74) is 1.86. The van der Waals surface area contributed by atoms with Gasteiger partial charge in [0.05, 0.1) is 17.7 Å². The number of nitrogens with zero attached hydrogens (tertiary/aromatic N) is 2. The van der Waals surface area contributed by atoms with Gasteiger partial charge in [-0.3, -0.25) is 9.59 Å². The third kappa shape index (κ3) is 4.10. The third-order valence-corrected chi connectivity index (χ3v) is 5.55. The van der Waals surface area contributed by atoms with Gasteiger partial charge in [-0.2, -0.15) is 0 Å². The molecule has 1 saturated heterocycles. The Morgan fingerprint density at radius 1 is 0.964 bits per heavy atom. The van der Waals surface area contributed by atoms with E-state index in [0.29, 0.717) is 59.5 Å². The average molecular weight is 421 g/mol. The number of rotatable bonds is 4. The van der Waals surface area contributed by atoms with Crippen LogP contribution in [-0.4, -0.2) is 54.9 Å². The molecular weight excluding hydrogens is 399 g/mol. The van der Waals surface area contributed by atoms with Crippen molar-refractivity contribution in [2.75, 3.05) is 33.3 Å². The van der Waals surface area contributed by atoms with Gasteiger partial charge in [0.15, 0.2) is 0 Å². The van der Waals surface area contributed by atoms with Gasteiger partial charge in [0.25, 0.3) is 5.91 Å². The molecule has 28 heavy (non-hydrogen) atoms. The number of hydrogen-bond donors (Lipinski definition) is 0. The van der Waals surface area contributed by atoms with Crippen molar-refractivity contribution < 1.29 is 14.3 Å². The lowest BCUT2D eigenvalue weighted by molar-refractivity contribution is -0.132. The predicted molar refractivity (Wildman–Crippen MR) is 111 cm³/mol. The Labute approximate surface area is 174 Å². The number of carbonyl (C=O) groups excluding carboxylic acids is 2. The van der Waals surface area contributed by atoms with E-state index in [1.165, 1.54) is 7.11 Å². The average Bonchev–Trinajstić information content (AvgIpc) is 2.73. The number of hydrogen-bond acceptors (Lipinski definition) is 3. The summed E-state index contributed by atoms with van der Waals surface area (Å²) in [5, 5.41) is 1.01. The highest BCUT2D eigenvalue weighted by Gasteiger charge is 2.27. The fourth-order valence-corrected chi connectivity index (χ4v) is 3.82. The number of piperazine rings is 1. The van der Waals surface area contributed by atoms with E-state index in [9.17, 15) is 9.59 Å². The van der Waals surface area contributed by atoms with Gasteiger partial charge in [0.1, 0.15) is 5.75 Å². The highest BCUT2D eigenvalue weighted by atomic mass is 35.5. The van der Waals surface area contributed by atoms with E-state index >= 15 is 0 Å². The van der Waals surface area contributed by atoms with Crippen LogP contribution in [0.2, 0.25) is 10.0 Å². The second-order valence-electron chi connectivity index (χ2n) is 6.54. The van der Waals surface area contributed by atoms with Gasteiger partial charge in [-0.25, -0.2) is 0 Å². The normalized spacial score (nSPS) is 14.1. The maximum Gasteiger partial charge on any atom is 0.257 e. The van der Waals surface area contributed by atoms with Gasteiger partial charge in [-0.05, 0) is 12.1 Å². The molecule has 1 heterocycles. The molecule has 0 aromatic heterocycles. The van der Waals surface area contributed by atoms with Crippen molar-refractivity contribution in [3.8, 4) is 16.9 Å². The molecule has 0 aliphatic carbocycles. The second kappa shape index (κ2) is 8.84. The van der Waals surface area contributed by atoms with Crippen LogP contribution in [0.1, 0.15) is 23.7 Å². The van der Waals surface area contributed by atoms with Crippen LogP contribution in [0.4, 0.5) is 0 Å². The fourth-order valence-electron chi connectivity index (χ4n) is 3.33. The molecule has 0 bridgehead atoms. The maximum atomic E-state index is 13.2. The summed E-state index contributed by atoms with van der Waals surface area (Å²) < 4.78 is 5.41. The molecule has 0 unspecified atom stereocenters. The number of halogens is 2. The molecule has 2 amide bonds. The molecule has 148 valence electrons. The van der Waals surface area contributed by atoms with E-state index in [2.05, 4.69) is 0 Å². The van der Waals surface area contributed by atoms with Crippen molar-refractivity contribution in [1.82, 2.24) is 9.80 Å². The molecule has 0 radical (unpaired) electrons. The van der Waals surface area contributed by atoms with Gasteiger partial charge in [-0.1, -0.05) is 48.3 Å². The van der Waals surface area contributed by atoms with Crippen LogP contribution < -0.4 is 4.74 Å². The predicted octanol–water partition coefficient (Wildman–Crippen LogP) is 4.36. The molecule has 0 atom stereocenters. The van der Waals surface area contributed by atoms with Crippen LogP contribution in [0.5, 0.6) is 5.75 Å². The summed E-state index contributed by atoms with van der Waals surface area (Å²) in [7, 11) is 1.51. The van der Waals surface area contributed by atoms with E-state index in [1.54, 1.807) is 28.0 Å². The van der Waals surface area contributed by atoms with Gasteiger partial charge >= 0.3 is 0 Å². The second-order valence-corrected chi connectivity index (χ2v) is 7.35. The molecule has 1 aliphatic heterocycles. The summed E-state index contributed by atoms with van der Waals surface area (Å²) in [6, 6.07) is 10.7. The number of benzene rings is 2. The molecule has 2 aromatic rings. The van der Waals surface area contributed by atoms with Gasteiger partial charge in [0, 0.05) is 54.8 Å². The lowest BCUT2D eigenvalue weighted by atomic mass is 10.0. The number of ether oxygens (including phenoxy) is 1. The zero-order valence-corrected chi connectivity index (χ0v) is 17.4. The highest BCUT2D eigenvalue weighted by molar-refractivity contribution is 6.36. The number of amides is 2. The maximum absolute atomic E-state index is 13.2. The molecule has 5 nitrogen and oxygen atoms in total. The van der Waals surface area contributed by atoms with Crippen molar-refractivity contribution >= 4 is 35.0 Å². The van der Waals surface area contributed by atoms with E-state index in [0.717, 1.165) is 5.56 Å². The molecule has 1 fully saturated rings. The molecule has 7 heteroatoms. The summed E-state index contributed by atoms with van der Waals surface area (Å²) in [6.07, 6.45) is 0.472. The first-order valence-corrected chi connectivity index (χ1v) is 9.91. The zero-order valence-electron chi connectivity index (χ0n) is 15.9. The minimum atomic E-state index is -0.148. The van der Waals surface area contributed by atoms with E-state index in [1.807, 2.05) is 25.1 Å². The van der Waals surface area contributed by atoms with Crippen LogP contribution in [0, 0.1) is 0 Å². The minimum absolute atomic E-state index is 0.108. The molecule has 2 aromatic carbocycles. The monoisotopic (exact) mass is 420 g/mol. The molecule has 1 aliphatic rings. The lowest BCUT2D eigenvalue weighted by Crippen LogP contribution is -2.50. The van der Waals surface area contributed by atoms with Crippen molar-refractivity contribution in [2.24, 2.45) is 0 Å². The van der Waals surface area contributed by atoms with Crippen molar-refractivity contribution in [2.45, 2.75) is 13.3 Å². The summed E-state index contributed by atoms with van der Waals surface area (Å²) >= 11 is 12.8. The Morgan fingerprint density at radius 2 is 1.61 bits per heavy atom. The molecule has 3 rings (SSSR count). The minimum Gasteiger partial charge on any atom is -0.496 e. The Balaban J connectivity index is 1.91. The zero-order chi connectivity index (χ0) is 20.3. The van der Waals surface area contributed by atoms with Crippen LogP contribution in [0.15, 0.2) is 36.4 Å². The molecule has 0 spiro atoms. The fraction of sp³-hybridized carbons (Fsp3) is 0.333. The highest BCUT2D eigenvalue weighted by Crippen LogP contribution is 2.37. The lowest BCUT2D eigenvalue weighted by Gasteiger charge is -2.35. The third-order valence-electron chi connectivity index (χ3n) is 4.91. The van der Waals surface area contributed by atoms with Crippen molar-refractivity contribution in [1.29, 1.82) is 0 Å². The Kier molecular flexibility index (Phi) is 6.47. The Hall–Kier alpha value is -2.24. The SMILES string of the molecule is CCC(=O)N1CCN(C(=O)c2cc(-c3ccccc3Cl)c(Cl)cc2OC)CC1.